The number of nitrogens with one attached hydrogen (secondary N) is 1. The molecule has 2 heterocycles. The Morgan fingerprint density at radius 2 is 2.09 bits per heavy atom. The van der Waals surface area contributed by atoms with E-state index in [1.807, 2.05) is 12.1 Å². The first kappa shape index (κ1) is 14.7. The summed E-state index contributed by atoms with van der Waals surface area (Å²) >= 11 is 0. The molecule has 3 aromatic rings. The maximum Gasteiger partial charge on any atom is 0.139 e. The van der Waals surface area contributed by atoms with Crippen molar-refractivity contribution in [1.29, 1.82) is 0 Å². The molecule has 6 nitrogen and oxygen atoms in total. The molecule has 0 amide bonds. The van der Waals surface area contributed by atoms with Gasteiger partial charge in [-0.05, 0) is 67.8 Å². The Kier molecular flexibility index (Phi) is 4.20. The van der Waals surface area contributed by atoms with Crippen LogP contribution < -0.4 is 0 Å². The van der Waals surface area contributed by atoms with Gasteiger partial charge in [-0.15, -0.1) is 0 Å². The molecule has 1 N–H and O–H groups in total. The first-order valence-corrected chi connectivity index (χ1v) is 7.54. The topological polar surface area (TPSA) is 70.8 Å². The maximum atomic E-state index is 4.81. The molecule has 0 radical (unpaired) electrons. The molecular weight excluding hydrogens is 278 g/mol. The van der Waals surface area contributed by atoms with Gasteiger partial charge >= 0.3 is 0 Å². The van der Waals surface area contributed by atoms with Crippen molar-refractivity contribution in [2.24, 2.45) is 0 Å². The van der Waals surface area contributed by atoms with E-state index in [9.17, 15) is 0 Å². The van der Waals surface area contributed by atoms with E-state index in [1.54, 1.807) is 0 Å². The van der Waals surface area contributed by atoms with Gasteiger partial charge in [0, 0.05) is 12.2 Å². The van der Waals surface area contributed by atoms with Crippen molar-refractivity contribution in [2.45, 2.75) is 33.2 Å². The predicted molar refractivity (Wildman–Crippen MR) is 84.5 cm³/mol. The standard InChI is InChI=1S/C16H21N5O/c1-11-14(12(2)18-17-11)7-5-9-21(3)10-13-6-4-8-15-16(13)20-22-19-15/h4,6,8H,5,7,9-10H2,1-3H3,(H,17,18). The van der Waals surface area contributed by atoms with Crippen LogP contribution in [0.5, 0.6) is 0 Å². The fourth-order valence-electron chi connectivity index (χ4n) is 2.83. The van der Waals surface area contributed by atoms with Crippen LogP contribution in [-0.2, 0) is 13.0 Å². The van der Waals surface area contributed by atoms with Crippen molar-refractivity contribution in [3.05, 3.63) is 40.7 Å². The van der Waals surface area contributed by atoms with E-state index >= 15 is 0 Å². The third kappa shape index (κ3) is 3.01. The summed E-state index contributed by atoms with van der Waals surface area (Å²) in [6, 6.07) is 5.99. The fraction of sp³-hybridized carbons (Fsp3) is 0.438. The lowest BCUT2D eigenvalue weighted by atomic mass is 10.1. The molecule has 3 rings (SSSR count). The van der Waals surface area contributed by atoms with Crippen molar-refractivity contribution in [1.82, 2.24) is 25.4 Å². The summed E-state index contributed by atoms with van der Waals surface area (Å²) in [4.78, 5) is 2.30. The normalized spacial score (nSPS) is 11.6. The Morgan fingerprint density at radius 3 is 2.86 bits per heavy atom. The monoisotopic (exact) mass is 299 g/mol. The average molecular weight is 299 g/mol. The highest BCUT2D eigenvalue weighted by molar-refractivity contribution is 5.76. The second kappa shape index (κ2) is 6.27. The zero-order valence-corrected chi connectivity index (χ0v) is 13.3. The van der Waals surface area contributed by atoms with E-state index in [2.05, 4.69) is 52.4 Å². The lowest BCUT2D eigenvalue weighted by Gasteiger charge is -2.16. The number of fused-ring (bicyclic) bond motifs is 1. The highest BCUT2D eigenvalue weighted by atomic mass is 16.6. The van der Waals surface area contributed by atoms with Crippen molar-refractivity contribution in [3.8, 4) is 0 Å². The van der Waals surface area contributed by atoms with Gasteiger partial charge in [0.25, 0.3) is 0 Å². The summed E-state index contributed by atoms with van der Waals surface area (Å²) < 4.78 is 4.81. The molecule has 0 saturated carbocycles. The molecule has 0 unspecified atom stereocenters. The van der Waals surface area contributed by atoms with Crippen LogP contribution in [0.2, 0.25) is 0 Å². The van der Waals surface area contributed by atoms with Gasteiger partial charge in [-0.25, -0.2) is 4.63 Å². The number of nitrogens with zero attached hydrogens (tertiary/aromatic N) is 4. The van der Waals surface area contributed by atoms with Crippen LogP contribution in [0.1, 0.15) is 28.9 Å². The van der Waals surface area contributed by atoms with E-state index in [0.29, 0.717) is 0 Å². The quantitative estimate of drug-likeness (QED) is 0.757. The summed E-state index contributed by atoms with van der Waals surface area (Å²) in [5.41, 5.74) is 6.46. The van der Waals surface area contributed by atoms with E-state index in [-0.39, 0.29) is 0 Å². The number of hydrogen-bond acceptors (Lipinski definition) is 5. The highest BCUT2D eigenvalue weighted by Gasteiger charge is 2.10. The van der Waals surface area contributed by atoms with Gasteiger partial charge in [0.15, 0.2) is 0 Å². The number of aryl methyl sites for hydroxylation is 2. The number of hydrogen-bond donors (Lipinski definition) is 1. The largest absolute Gasteiger partial charge is 0.302 e. The lowest BCUT2D eigenvalue weighted by molar-refractivity contribution is 0.311. The first-order valence-electron chi connectivity index (χ1n) is 7.54. The van der Waals surface area contributed by atoms with E-state index in [1.165, 1.54) is 11.3 Å². The minimum absolute atomic E-state index is 0.815. The molecule has 116 valence electrons. The molecule has 22 heavy (non-hydrogen) atoms. The smallest absolute Gasteiger partial charge is 0.139 e. The lowest BCUT2D eigenvalue weighted by Crippen LogP contribution is -2.19. The second-order valence-electron chi connectivity index (χ2n) is 5.80. The predicted octanol–water partition coefficient (Wildman–Crippen LogP) is 2.63. The SMILES string of the molecule is Cc1n[nH]c(C)c1CCCN(C)Cc1cccc2nonc12. The van der Waals surface area contributed by atoms with Gasteiger partial charge in [0.1, 0.15) is 11.0 Å². The molecule has 0 bridgehead atoms. The molecule has 6 heteroatoms. The number of benzene rings is 1. The highest BCUT2D eigenvalue weighted by Crippen LogP contribution is 2.17. The summed E-state index contributed by atoms with van der Waals surface area (Å²) in [5.74, 6) is 0. The van der Waals surface area contributed by atoms with Crippen molar-refractivity contribution < 1.29 is 4.63 Å². The Labute approximate surface area is 129 Å². The zero-order valence-electron chi connectivity index (χ0n) is 13.3. The van der Waals surface area contributed by atoms with Crippen molar-refractivity contribution >= 4 is 11.0 Å². The van der Waals surface area contributed by atoms with Crippen LogP contribution in [0, 0.1) is 13.8 Å². The molecule has 2 aromatic heterocycles. The molecule has 0 aliphatic heterocycles. The number of rotatable bonds is 6. The van der Waals surface area contributed by atoms with E-state index in [4.69, 9.17) is 4.63 Å². The summed E-state index contributed by atoms with van der Waals surface area (Å²) in [7, 11) is 2.13. The third-order valence-electron chi connectivity index (χ3n) is 4.06. The van der Waals surface area contributed by atoms with Crippen molar-refractivity contribution in [3.63, 3.8) is 0 Å². The fourth-order valence-corrected chi connectivity index (χ4v) is 2.83. The molecule has 0 spiro atoms. The number of aromatic nitrogens is 4. The van der Waals surface area contributed by atoms with Gasteiger partial charge in [-0.1, -0.05) is 12.1 Å². The Morgan fingerprint density at radius 1 is 1.23 bits per heavy atom. The molecule has 0 saturated heterocycles. The van der Waals surface area contributed by atoms with E-state index in [0.717, 1.165) is 48.2 Å². The summed E-state index contributed by atoms with van der Waals surface area (Å²) in [5, 5.41) is 15.2. The molecule has 0 fully saturated rings. The van der Waals surface area contributed by atoms with Crippen LogP contribution in [0.4, 0.5) is 0 Å². The van der Waals surface area contributed by atoms with Crippen LogP contribution in [0.3, 0.4) is 0 Å². The molecule has 0 aliphatic rings. The van der Waals surface area contributed by atoms with Crippen LogP contribution in [0.25, 0.3) is 11.0 Å². The minimum Gasteiger partial charge on any atom is -0.302 e. The van der Waals surface area contributed by atoms with Gasteiger partial charge in [-0.3, -0.25) is 5.10 Å². The second-order valence-corrected chi connectivity index (χ2v) is 5.80. The van der Waals surface area contributed by atoms with Gasteiger partial charge < -0.3 is 4.90 Å². The molecule has 0 aliphatic carbocycles. The third-order valence-corrected chi connectivity index (χ3v) is 4.06. The molecule has 0 atom stereocenters. The van der Waals surface area contributed by atoms with Crippen LogP contribution in [-0.4, -0.2) is 39.0 Å². The average Bonchev–Trinajstić information content (AvgIpc) is 3.09. The Balaban J connectivity index is 1.57. The minimum atomic E-state index is 0.815. The number of H-pyrrole nitrogens is 1. The van der Waals surface area contributed by atoms with E-state index < -0.39 is 0 Å². The maximum absolute atomic E-state index is 4.81. The molecular formula is C16H21N5O. The van der Waals surface area contributed by atoms with Gasteiger partial charge in [-0.2, -0.15) is 5.10 Å². The van der Waals surface area contributed by atoms with Crippen LogP contribution >= 0.6 is 0 Å². The molecule has 1 aromatic carbocycles. The van der Waals surface area contributed by atoms with Crippen LogP contribution in [0.15, 0.2) is 22.8 Å². The zero-order chi connectivity index (χ0) is 15.5. The van der Waals surface area contributed by atoms with Crippen molar-refractivity contribution in [2.75, 3.05) is 13.6 Å². The Hall–Kier alpha value is -2.21. The summed E-state index contributed by atoms with van der Waals surface area (Å²) in [6.45, 7) is 6.00. The summed E-state index contributed by atoms with van der Waals surface area (Å²) in [6.07, 6.45) is 2.15. The Bertz CT molecular complexity index is 741. The van der Waals surface area contributed by atoms with Gasteiger partial charge in [0.2, 0.25) is 0 Å². The number of aromatic amines is 1. The van der Waals surface area contributed by atoms with Gasteiger partial charge in [0.05, 0.1) is 5.69 Å². The first-order chi connectivity index (χ1) is 10.6.